The van der Waals surface area contributed by atoms with Gasteiger partial charge in [0.25, 0.3) is 0 Å². The number of carbonyl (C=O) groups is 1. The van der Waals surface area contributed by atoms with Crippen LogP contribution in [0.2, 0.25) is 0 Å². The van der Waals surface area contributed by atoms with Gasteiger partial charge in [-0.05, 0) is 19.1 Å². The van der Waals surface area contributed by atoms with Crippen LogP contribution in [-0.2, 0) is 0 Å². The van der Waals surface area contributed by atoms with Gasteiger partial charge in [0.05, 0.1) is 0 Å². The molecule has 0 aromatic heterocycles. The number of thioether (sulfide) groups is 1. The first-order valence-corrected chi connectivity index (χ1v) is 5.45. The van der Waals surface area contributed by atoms with Crippen molar-refractivity contribution in [3.63, 3.8) is 0 Å². The zero-order valence-corrected chi connectivity index (χ0v) is 7.93. The van der Waals surface area contributed by atoms with E-state index in [9.17, 15) is 4.79 Å². The standard InChI is InChI=1S/C8H13NO2S/c1-12-6-2-8(3-6)4-9(5-8)7(10)11/h6H,2-5H2,1H3,(H,10,11). The monoisotopic (exact) mass is 187 g/mol. The highest BCUT2D eigenvalue weighted by Gasteiger charge is 2.53. The van der Waals surface area contributed by atoms with Crippen LogP contribution in [0, 0.1) is 5.41 Å². The van der Waals surface area contributed by atoms with Gasteiger partial charge >= 0.3 is 6.09 Å². The number of amides is 1. The van der Waals surface area contributed by atoms with Crippen molar-refractivity contribution < 1.29 is 9.90 Å². The van der Waals surface area contributed by atoms with Gasteiger partial charge in [0.2, 0.25) is 0 Å². The maximum absolute atomic E-state index is 10.5. The fraction of sp³-hybridized carbons (Fsp3) is 0.875. The minimum absolute atomic E-state index is 0.395. The summed E-state index contributed by atoms with van der Waals surface area (Å²) < 4.78 is 0. The van der Waals surface area contributed by atoms with E-state index in [2.05, 4.69) is 6.26 Å². The first-order valence-electron chi connectivity index (χ1n) is 4.16. The van der Waals surface area contributed by atoms with E-state index in [4.69, 9.17) is 5.11 Å². The van der Waals surface area contributed by atoms with Crippen LogP contribution in [0.3, 0.4) is 0 Å². The lowest BCUT2D eigenvalue weighted by atomic mass is 9.63. The van der Waals surface area contributed by atoms with Crippen molar-refractivity contribution in [2.75, 3.05) is 19.3 Å². The first kappa shape index (κ1) is 8.23. The van der Waals surface area contributed by atoms with Crippen LogP contribution >= 0.6 is 11.8 Å². The van der Waals surface area contributed by atoms with E-state index in [1.807, 2.05) is 11.8 Å². The highest BCUT2D eigenvalue weighted by molar-refractivity contribution is 7.99. The van der Waals surface area contributed by atoms with Crippen LogP contribution in [0.25, 0.3) is 0 Å². The second-order valence-electron chi connectivity index (χ2n) is 3.90. The molecule has 12 heavy (non-hydrogen) atoms. The molecule has 1 aliphatic heterocycles. The summed E-state index contributed by atoms with van der Waals surface area (Å²) in [5.41, 5.74) is 0.395. The van der Waals surface area contributed by atoms with Gasteiger partial charge in [-0.25, -0.2) is 4.79 Å². The van der Waals surface area contributed by atoms with Gasteiger partial charge < -0.3 is 10.0 Å². The summed E-state index contributed by atoms with van der Waals surface area (Å²) in [6.45, 7) is 1.55. The Morgan fingerprint density at radius 1 is 1.58 bits per heavy atom. The van der Waals surface area contributed by atoms with Crippen LogP contribution in [-0.4, -0.2) is 40.7 Å². The molecule has 2 aliphatic rings. The van der Waals surface area contributed by atoms with E-state index < -0.39 is 6.09 Å². The molecule has 1 amide bonds. The third-order valence-corrected chi connectivity index (χ3v) is 3.98. The molecule has 4 heteroatoms. The quantitative estimate of drug-likeness (QED) is 0.676. The molecule has 1 aliphatic carbocycles. The van der Waals surface area contributed by atoms with Crippen LogP contribution in [0.15, 0.2) is 0 Å². The predicted molar refractivity (Wildman–Crippen MR) is 48.6 cm³/mol. The minimum Gasteiger partial charge on any atom is -0.465 e. The topological polar surface area (TPSA) is 40.5 Å². The molecule has 1 spiro atoms. The number of likely N-dealkylation sites (tertiary alicyclic amines) is 1. The molecule has 0 unspecified atom stereocenters. The zero-order chi connectivity index (χ0) is 8.77. The highest BCUT2D eigenvalue weighted by atomic mass is 32.2. The Hall–Kier alpha value is -0.380. The fourth-order valence-electron chi connectivity index (χ4n) is 2.23. The Labute approximate surface area is 76.1 Å². The van der Waals surface area contributed by atoms with E-state index in [-0.39, 0.29) is 0 Å². The highest BCUT2D eigenvalue weighted by Crippen LogP contribution is 2.52. The summed E-state index contributed by atoms with van der Waals surface area (Å²) in [6, 6.07) is 0. The second-order valence-corrected chi connectivity index (χ2v) is 5.04. The summed E-state index contributed by atoms with van der Waals surface area (Å²) in [5.74, 6) is 0. The summed E-state index contributed by atoms with van der Waals surface area (Å²) in [6.07, 6.45) is 3.81. The Kier molecular flexibility index (Phi) is 1.75. The lowest BCUT2D eigenvalue weighted by molar-refractivity contribution is -0.0408. The van der Waals surface area contributed by atoms with Crippen molar-refractivity contribution in [2.45, 2.75) is 18.1 Å². The van der Waals surface area contributed by atoms with Crippen LogP contribution in [0.1, 0.15) is 12.8 Å². The zero-order valence-electron chi connectivity index (χ0n) is 7.12. The maximum atomic E-state index is 10.5. The van der Waals surface area contributed by atoms with Crippen molar-refractivity contribution in [2.24, 2.45) is 5.41 Å². The van der Waals surface area contributed by atoms with E-state index in [1.54, 1.807) is 0 Å². The smallest absolute Gasteiger partial charge is 0.407 e. The average molecular weight is 187 g/mol. The van der Waals surface area contributed by atoms with Gasteiger partial charge in [0, 0.05) is 23.8 Å². The molecular formula is C8H13NO2S. The molecule has 3 nitrogen and oxygen atoms in total. The number of nitrogens with zero attached hydrogens (tertiary/aromatic N) is 1. The third-order valence-electron chi connectivity index (χ3n) is 2.98. The lowest BCUT2D eigenvalue weighted by Gasteiger charge is -2.57. The summed E-state index contributed by atoms with van der Waals surface area (Å²) in [4.78, 5) is 12.0. The van der Waals surface area contributed by atoms with Crippen LogP contribution in [0.4, 0.5) is 4.79 Å². The largest absolute Gasteiger partial charge is 0.465 e. The molecular weight excluding hydrogens is 174 g/mol. The molecule has 0 radical (unpaired) electrons. The molecule has 2 rings (SSSR count). The Morgan fingerprint density at radius 3 is 2.58 bits per heavy atom. The number of hydrogen-bond donors (Lipinski definition) is 1. The average Bonchev–Trinajstić information content (AvgIpc) is 1.81. The van der Waals surface area contributed by atoms with Gasteiger partial charge in [-0.3, -0.25) is 0 Å². The summed E-state index contributed by atoms with van der Waals surface area (Å²) in [5, 5.41) is 9.42. The second kappa shape index (κ2) is 2.55. The van der Waals surface area contributed by atoms with Crippen molar-refractivity contribution in [3.05, 3.63) is 0 Å². The van der Waals surface area contributed by atoms with E-state index in [0.29, 0.717) is 5.41 Å². The molecule has 0 bridgehead atoms. The van der Waals surface area contributed by atoms with Crippen molar-refractivity contribution in [1.82, 2.24) is 4.90 Å². The predicted octanol–water partition coefficient (Wildman–Crippen LogP) is 1.49. The molecule has 1 heterocycles. The first-order chi connectivity index (χ1) is 5.65. The van der Waals surface area contributed by atoms with E-state index >= 15 is 0 Å². The van der Waals surface area contributed by atoms with E-state index in [1.165, 1.54) is 17.7 Å². The Bertz CT molecular complexity index is 205. The van der Waals surface area contributed by atoms with Crippen molar-refractivity contribution >= 4 is 17.9 Å². The molecule has 2 fully saturated rings. The molecule has 1 saturated heterocycles. The maximum Gasteiger partial charge on any atom is 0.407 e. The number of rotatable bonds is 1. The SMILES string of the molecule is CSC1CC2(C1)CN(C(=O)O)C2. The van der Waals surface area contributed by atoms with Gasteiger partial charge in [-0.1, -0.05) is 0 Å². The fourth-order valence-corrected chi connectivity index (χ4v) is 3.27. The van der Waals surface area contributed by atoms with Gasteiger partial charge in [-0.15, -0.1) is 0 Å². The number of hydrogen-bond acceptors (Lipinski definition) is 2. The van der Waals surface area contributed by atoms with Crippen molar-refractivity contribution in [3.8, 4) is 0 Å². The summed E-state index contributed by atoms with van der Waals surface area (Å²) in [7, 11) is 0. The van der Waals surface area contributed by atoms with E-state index in [0.717, 1.165) is 18.3 Å². The minimum atomic E-state index is -0.756. The molecule has 0 aromatic carbocycles. The van der Waals surface area contributed by atoms with Gasteiger partial charge in [0.1, 0.15) is 0 Å². The molecule has 1 N–H and O–H groups in total. The van der Waals surface area contributed by atoms with Crippen LogP contribution < -0.4 is 0 Å². The van der Waals surface area contributed by atoms with Crippen LogP contribution in [0.5, 0.6) is 0 Å². The third kappa shape index (κ3) is 1.09. The van der Waals surface area contributed by atoms with Gasteiger partial charge in [0.15, 0.2) is 0 Å². The lowest BCUT2D eigenvalue weighted by Crippen LogP contribution is -2.64. The summed E-state index contributed by atoms with van der Waals surface area (Å²) >= 11 is 1.91. The Morgan fingerprint density at radius 2 is 2.17 bits per heavy atom. The molecule has 0 aromatic rings. The van der Waals surface area contributed by atoms with Gasteiger partial charge in [-0.2, -0.15) is 11.8 Å². The van der Waals surface area contributed by atoms with Crippen molar-refractivity contribution in [1.29, 1.82) is 0 Å². The molecule has 1 saturated carbocycles. The normalized spacial score (nSPS) is 26.6. The number of carboxylic acid groups (broad SMARTS) is 1. The molecule has 68 valence electrons. The Balaban J connectivity index is 1.79. The molecule has 0 atom stereocenters.